The number of amidine groups is 1. The number of nitrogens with zero attached hydrogens (tertiary/aromatic N) is 2. The third-order valence-electron chi connectivity index (χ3n) is 0.999. The van der Waals surface area contributed by atoms with Crippen molar-refractivity contribution in [1.82, 2.24) is 5.32 Å². The Morgan fingerprint density at radius 2 is 2.67 bits per heavy atom. The molecule has 1 saturated heterocycles. The lowest BCUT2D eigenvalue weighted by Gasteiger charge is -2.13. The van der Waals surface area contributed by atoms with Crippen LogP contribution in [0.1, 0.15) is 0 Å². The van der Waals surface area contributed by atoms with Gasteiger partial charge in [-0.05, 0) is 0 Å². The Morgan fingerprint density at radius 3 is 3.22 bits per heavy atom. The molecule has 0 atom stereocenters. The number of nitriles is 1. The highest BCUT2D eigenvalue weighted by atomic mass is 16.5. The maximum Gasteiger partial charge on any atom is 0.207 e. The second-order valence-corrected chi connectivity index (χ2v) is 1.64. The van der Waals surface area contributed by atoms with E-state index in [-0.39, 0.29) is 0 Å². The Hall–Kier alpha value is -1.08. The number of aliphatic imine (C=N–C) groups is 1. The van der Waals surface area contributed by atoms with Crippen molar-refractivity contribution in [2.75, 3.05) is 19.8 Å². The van der Waals surface area contributed by atoms with Gasteiger partial charge in [0.1, 0.15) is 12.4 Å². The molecule has 0 saturated carbocycles. The minimum Gasteiger partial charge on any atom is -0.372 e. The molecule has 4 heteroatoms. The fraction of sp³-hybridized carbons (Fsp3) is 0.600. The van der Waals surface area contributed by atoms with Crippen molar-refractivity contribution in [2.45, 2.75) is 0 Å². The molecule has 0 aromatic heterocycles. The third-order valence-corrected chi connectivity index (χ3v) is 0.999. The van der Waals surface area contributed by atoms with E-state index in [2.05, 4.69) is 10.3 Å². The van der Waals surface area contributed by atoms with E-state index in [1.807, 2.05) is 0 Å². The largest absolute Gasteiger partial charge is 0.372 e. The zero-order valence-electron chi connectivity index (χ0n) is 4.92. The van der Waals surface area contributed by atoms with Crippen LogP contribution in [0.25, 0.3) is 0 Å². The van der Waals surface area contributed by atoms with Crippen molar-refractivity contribution < 1.29 is 4.74 Å². The van der Waals surface area contributed by atoms with Crippen LogP contribution in [0, 0.1) is 11.5 Å². The lowest BCUT2D eigenvalue weighted by Crippen LogP contribution is -2.36. The maximum atomic E-state index is 8.09. The number of morpholine rings is 1. The summed E-state index contributed by atoms with van der Waals surface area (Å²) in [5.41, 5.74) is 0. The molecule has 1 aliphatic heterocycles. The average Bonchev–Trinajstić information content (AvgIpc) is 1.91. The zero-order chi connectivity index (χ0) is 6.53. The zero-order valence-corrected chi connectivity index (χ0v) is 4.92. The molecule has 48 valence electrons. The summed E-state index contributed by atoms with van der Waals surface area (Å²) >= 11 is 0. The molecule has 4 nitrogen and oxygen atoms in total. The SMILES string of the molecule is N#C/N=C1\COCCN1. The first-order valence-electron chi connectivity index (χ1n) is 2.71. The van der Waals surface area contributed by atoms with Crippen molar-refractivity contribution in [3.8, 4) is 6.19 Å². The molecule has 1 fully saturated rings. The van der Waals surface area contributed by atoms with Crippen molar-refractivity contribution >= 4 is 5.84 Å². The van der Waals surface area contributed by atoms with Gasteiger partial charge in [-0.25, -0.2) is 0 Å². The molecule has 0 bridgehead atoms. The molecule has 0 radical (unpaired) electrons. The third kappa shape index (κ3) is 1.70. The van der Waals surface area contributed by atoms with Gasteiger partial charge < -0.3 is 10.1 Å². The topological polar surface area (TPSA) is 57.4 Å². The van der Waals surface area contributed by atoms with Gasteiger partial charge >= 0.3 is 0 Å². The molecule has 0 spiro atoms. The Kier molecular flexibility index (Phi) is 2.05. The van der Waals surface area contributed by atoms with Gasteiger partial charge in [0.2, 0.25) is 6.19 Å². The predicted molar refractivity (Wildman–Crippen MR) is 31.9 cm³/mol. The van der Waals surface area contributed by atoms with Gasteiger partial charge in [-0.15, -0.1) is 0 Å². The van der Waals surface area contributed by atoms with Crippen LogP contribution in [0.15, 0.2) is 4.99 Å². The summed E-state index contributed by atoms with van der Waals surface area (Å²) in [6.45, 7) is 1.89. The van der Waals surface area contributed by atoms with E-state index in [0.717, 1.165) is 6.54 Å². The molecule has 0 aromatic rings. The van der Waals surface area contributed by atoms with Gasteiger partial charge in [0, 0.05) is 6.54 Å². The molecule has 1 N–H and O–H groups in total. The van der Waals surface area contributed by atoms with E-state index in [1.165, 1.54) is 0 Å². The number of hydrogen-bond acceptors (Lipinski definition) is 3. The highest BCUT2D eigenvalue weighted by Crippen LogP contribution is 1.84. The Morgan fingerprint density at radius 1 is 1.78 bits per heavy atom. The van der Waals surface area contributed by atoms with Gasteiger partial charge in [0.05, 0.1) is 6.61 Å². The van der Waals surface area contributed by atoms with Crippen LogP contribution in [0.3, 0.4) is 0 Å². The summed E-state index contributed by atoms with van der Waals surface area (Å²) in [6, 6.07) is 0. The summed E-state index contributed by atoms with van der Waals surface area (Å²) in [7, 11) is 0. The van der Waals surface area contributed by atoms with E-state index < -0.39 is 0 Å². The van der Waals surface area contributed by atoms with E-state index in [1.54, 1.807) is 6.19 Å². The standard InChI is InChI=1S/C5H7N3O/c6-4-8-5-3-9-2-1-7-5/h1-3H2,(H,7,8). The van der Waals surface area contributed by atoms with Crippen LogP contribution in [-0.2, 0) is 4.74 Å². The lowest BCUT2D eigenvalue weighted by molar-refractivity contribution is 0.159. The van der Waals surface area contributed by atoms with E-state index in [0.29, 0.717) is 19.0 Å². The Labute approximate surface area is 53.1 Å². The number of ether oxygens (including phenoxy) is 1. The quantitative estimate of drug-likeness (QED) is 0.443. The molecule has 1 rings (SSSR count). The first kappa shape index (κ1) is 6.05. The summed E-state index contributed by atoms with van der Waals surface area (Å²) in [6.07, 6.45) is 1.68. The van der Waals surface area contributed by atoms with Crippen molar-refractivity contribution in [3.63, 3.8) is 0 Å². The fourth-order valence-electron chi connectivity index (χ4n) is 0.620. The predicted octanol–water partition coefficient (Wildman–Crippen LogP) is -0.514. The van der Waals surface area contributed by atoms with Crippen molar-refractivity contribution in [3.05, 3.63) is 0 Å². The minimum absolute atomic E-state index is 0.438. The fourth-order valence-corrected chi connectivity index (χ4v) is 0.620. The van der Waals surface area contributed by atoms with Gasteiger partial charge in [0.25, 0.3) is 0 Å². The van der Waals surface area contributed by atoms with Crippen LogP contribution < -0.4 is 5.32 Å². The highest BCUT2D eigenvalue weighted by Gasteiger charge is 2.03. The number of rotatable bonds is 0. The van der Waals surface area contributed by atoms with Crippen molar-refractivity contribution in [2.24, 2.45) is 4.99 Å². The van der Waals surface area contributed by atoms with Crippen LogP contribution in [-0.4, -0.2) is 25.6 Å². The van der Waals surface area contributed by atoms with Crippen LogP contribution >= 0.6 is 0 Å². The Balaban J connectivity index is 2.42. The highest BCUT2D eigenvalue weighted by molar-refractivity contribution is 5.84. The van der Waals surface area contributed by atoms with Gasteiger partial charge in [0.15, 0.2) is 0 Å². The number of hydrogen-bond donors (Lipinski definition) is 1. The number of nitrogens with one attached hydrogen (secondary N) is 1. The molecule has 1 heterocycles. The molecule has 0 aromatic carbocycles. The van der Waals surface area contributed by atoms with Crippen LogP contribution in [0.5, 0.6) is 0 Å². The molecule has 0 unspecified atom stereocenters. The lowest BCUT2D eigenvalue weighted by atomic mass is 10.5. The van der Waals surface area contributed by atoms with Crippen molar-refractivity contribution in [1.29, 1.82) is 5.26 Å². The Bertz CT molecular complexity index is 150. The second-order valence-electron chi connectivity index (χ2n) is 1.64. The summed E-state index contributed by atoms with van der Waals surface area (Å²) < 4.78 is 4.99. The molecular weight excluding hydrogens is 118 g/mol. The van der Waals surface area contributed by atoms with E-state index in [9.17, 15) is 0 Å². The average molecular weight is 125 g/mol. The summed E-state index contributed by atoms with van der Waals surface area (Å²) in [5.74, 6) is 0.628. The van der Waals surface area contributed by atoms with E-state index in [4.69, 9.17) is 10.00 Å². The molecule has 0 amide bonds. The van der Waals surface area contributed by atoms with Gasteiger partial charge in [-0.3, -0.25) is 0 Å². The summed E-state index contributed by atoms with van der Waals surface area (Å²) in [4.78, 5) is 3.47. The van der Waals surface area contributed by atoms with E-state index >= 15 is 0 Å². The first-order chi connectivity index (χ1) is 4.43. The smallest absolute Gasteiger partial charge is 0.207 e. The summed E-state index contributed by atoms with van der Waals surface area (Å²) in [5, 5.41) is 11.0. The van der Waals surface area contributed by atoms with Gasteiger partial charge in [-0.2, -0.15) is 10.3 Å². The normalized spacial score (nSPS) is 22.8. The van der Waals surface area contributed by atoms with Crippen LogP contribution in [0.4, 0.5) is 0 Å². The molecule has 1 aliphatic rings. The molecule has 0 aliphatic carbocycles. The van der Waals surface area contributed by atoms with Crippen LogP contribution in [0.2, 0.25) is 0 Å². The van der Waals surface area contributed by atoms with Gasteiger partial charge in [-0.1, -0.05) is 0 Å². The molecular formula is C5H7N3O. The molecule has 9 heavy (non-hydrogen) atoms. The minimum atomic E-state index is 0.438. The maximum absolute atomic E-state index is 8.09. The first-order valence-corrected chi connectivity index (χ1v) is 2.71. The second kappa shape index (κ2) is 3.05. The monoisotopic (exact) mass is 125 g/mol.